The number of benzene rings is 2. The second-order valence-corrected chi connectivity index (χ2v) is 9.76. The minimum absolute atomic E-state index is 0.0830. The first kappa shape index (κ1) is 29.8. The van der Waals surface area contributed by atoms with Gasteiger partial charge in [-0.3, -0.25) is 4.79 Å². The Labute approximate surface area is 235 Å². The van der Waals surface area contributed by atoms with Gasteiger partial charge in [0.15, 0.2) is 16.8 Å². The van der Waals surface area contributed by atoms with E-state index >= 15 is 0 Å². The van der Waals surface area contributed by atoms with Crippen molar-refractivity contribution in [2.75, 3.05) is 13.2 Å². The van der Waals surface area contributed by atoms with Crippen molar-refractivity contribution in [3.05, 3.63) is 40.6 Å². The summed E-state index contributed by atoms with van der Waals surface area (Å²) >= 11 is 0. The molecule has 1 aromatic heterocycles. The predicted molar refractivity (Wildman–Crippen MR) is 136 cm³/mol. The summed E-state index contributed by atoms with van der Waals surface area (Å²) in [5.74, 6) is -4.00. The maximum atomic E-state index is 13.3. The van der Waals surface area contributed by atoms with E-state index in [1.54, 1.807) is 0 Å². The van der Waals surface area contributed by atoms with E-state index in [2.05, 4.69) is 0 Å². The van der Waals surface area contributed by atoms with Crippen LogP contribution < -0.4 is 14.9 Å². The van der Waals surface area contributed by atoms with E-state index in [4.69, 9.17) is 23.4 Å². The first-order valence-electron chi connectivity index (χ1n) is 12.6. The first-order valence-corrected chi connectivity index (χ1v) is 12.6. The fourth-order valence-corrected chi connectivity index (χ4v) is 4.58. The van der Waals surface area contributed by atoms with E-state index in [1.807, 2.05) is 0 Å². The Bertz CT molecular complexity index is 1490. The van der Waals surface area contributed by atoms with Crippen LogP contribution in [0.15, 0.2) is 39.5 Å². The van der Waals surface area contributed by atoms with Gasteiger partial charge in [0.05, 0.1) is 13.2 Å². The Balaban J connectivity index is 1.66. The number of rotatable bonds is 6. The molecule has 0 aliphatic carbocycles. The average Bonchev–Trinajstić information content (AvgIpc) is 2.97. The number of aromatic hydroxyl groups is 3. The van der Waals surface area contributed by atoms with Crippen LogP contribution in [-0.2, 0) is 9.47 Å². The highest BCUT2D eigenvalue weighted by Gasteiger charge is 2.46. The number of ether oxygens (including phenoxy) is 4. The fraction of sp³-hybridized carbons (Fsp3) is 0.423. The molecule has 2 fully saturated rings. The zero-order valence-corrected chi connectivity index (χ0v) is 21.4. The summed E-state index contributed by atoms with van der Waals surface area (Å²) in [7, 11) is 0. The van der Waals surface area contributed by atoms with Crippen molar-refractivity contribution in [3.8, 4) is 40.1 Å². The molecule has 5 rings (SSSR count). The largest absolute Gasteiger partial charge is 0.508 e. The van der Waals surface area contributed by atoms with E-state index in [0.29, 0.717) is 0 Å². The number of phenols is 3. The highest BCUT2D eigenvalue weighted by Crippen LogP contribution is 2.51. The van der Waals surface area contributed by atoms with Crippen molar-refractivity contribution < 1.29 is 74.4 Å². The molecule has 0 amide bonds. The molecular weight excluding hydrogens is 568 g/mol. The van der Waals surface area contributed by atoms with Crippen LogP contribution in [0.5, 0.6) is 28.7 Å². The third-order valence-corrected chi connectivity index (χ3v) is 6.96. The number of hydrogen-bond donors (Lipinski definition) is 10. The van der Waals surface area contributed by atoms with Gasteiger partial charge in [0.25, 0.3) is 0 Å². The number of phenolic OH excluding ortho intramolecular Hbond substituents is 3. The quantitative estimate of drug-likeness (QED) is 0.142. The molecule has 10 N–H and O–H groups in total. The molecule has 0 bridgehead atoms. The summed E-state index contributed by atoms with van der Waals surface area (Å²) < 4.78 is 27.3. The van der Waals surface area contributed by atoms with Crippen LogP contribution in [0.25, 0.3) is 22.3 Å². The average molecular weight is 596 g/mol. The lowest BCUT2D eigenvalue weighted by Gasteiger charge is -2.39. The number of fused-ring (bicyclic) bond motifs is 1. The van der Waals surface area contributed by atoms with Crippen LogP contribution in [0.1, 0.15) is 0 Å². The van der Waals surface area contributed by atoms with Gasteiger partial charge in [-0.25, -0.2) is 0 Å². The van der Waals surface area contributed by atoms with Crippen molar-refractivity contribution in [2.24, 2.45) is 0 Å². The lowest BCUT2D eigenvalue weighted by molar-refractivity contribution is -0.277. The highest BCUT2D eigenvalue weighted by atomic mass is 16.7. The molecule has 16 nitrogen and oxygen atoms in total. The van der Waals surface area contributed by atoms with Gasteiger partial charge in [-0.15, -0.1) is 0 Å². The molecule has 16 heteroatoms. The van der Waals surface area contributed by atoms with Gasteiger partial charge in [0.1, 0.15) is 59.6 Å². The minimum Gasteiger partial charge on any atom is -0.508 e. The topological polar surface area (TPSA) is 269 Å². The summed E-state index contributed by atoms with van der Waals surface area (Å²) in [5.41, 5.74) is -1.20. The maximum absolute atomic E-state index is 13.3. The molecule has 228 valence electrons. The van der Waals surface area contributed by atoms with Crippen molar-refractivity contribution in [3.63, 3.8) is 0 Å². The zero-order valence-electron chi connectivity index (χ0n) is 21.4. The van der Waals surface area contributed by atoms with E-state index in [9.17, 15) is 55.9 Å². The third-order valence-electron chi connectivity index (χ3n) is 6.96. The summed E-state index contributed by atoms with van der Waals surface area (Å²) in [6, 6.07) is 6.40. The Morgan fingerprint density at radius 2 is 1.43 bits per heavy atom. The molecule has 0 saturated carbocycles. The molecule has 3 aromatic rings. The molecule has 2 aliphatic rings. The number of aliphatic hydroxyl groups is 7. The Hall–Kier alpha value is -3.71. The second-order valence-electron chi connectivity index (χ2n) is 9.76. The summed E-state index contributed by atoms with van der Waals surface area (Å²) in [4.78, 5) is 13.3. The van der Waals surface area contributed by atoms with Gasteiger partial charge in [-0.1, -0.05) is 0 Å². The second kappa shape index (κ2) is 11.5. The standard InChI is InChI=1S/C26H28O16/c27-6-13-16(32)18(34)20(36)26(40-13)41-23-17(33)14-10(29)5-12(8-1-3-9(28)4-2-8)39-22(14)24(21(23)37)42-25-19(35)15(31)11(30)7-38-25/h1-5,11,13,15-16,18-20,25-28,30-37H,6-7H2/t11-,13-,15+,16-,18+,19-,20-,25?,26?/m1/s1. The van der Waals surface area contributed by atoms with Gasteiger partial charge in [0, 0.05) is 11.6 Å². The van der Waals surface area contributed by atoms with E-state index < -0.39 is 108 Å². The Kier molecular flexibility index (Phi) is 8.17. The van der Waals surface area contributed by atoms with Gasteiger partial charge >= 0.3 is 0 Å². The minimum atomic E-state index is -1.98. The summed E-state index contributed by atoms with van der Waals surface area (Å²) in [5, 5.41) is 102. The third kappa shape index (κ3) is 5.19. The van der Waals surface area contributed by atoms with E-state index in [0.717, 1.165) is 6.07 Å². The van der Waals surface area contributed by atoms with Gasteiger partial charge in [-0.05, 0) is 24.3 Å². The summed E-state index contributed by atoms with van der Waals surface area (Å²) in [6.07, 6.45) is -15.8. The van der Waals surface area contributed by atoms with Crippen LogP contribution in [0, 0.1) is 0 Å². The molecule has 42 heavy (non-hydrogen) atoms. The van der Waals surface area contributed by atoms with Crippen LogP contribution >= 0.6 is 0 Å². The van der Waals surface area contributed by atoms with Crippen molar-refractivity contribution in [2.45, 2.75) is 55.3 Å². The normalized spacial score (nSPS) is 31.6. The van der Waals surface area contributed by atoms with Crippen LogP contribution in [0.4, 0.5) is 0 Å². The molecule has 2 unspecified atom stereocenters. The van der Waals surface area contributed by atoms with Gasteiger partial charge in [0.2, 0.25) is 29.8 Å². The van der Waals surface area contributed by atoms with Crippen LogP contribution in [0.2, 0.25) is 0 Å². The SMILES string of the molecule is O=c1cc(-c2ccc(O)cc2)oc2c(OC3OC[C@@H](O)[C@H](O)[C@H]3O)c(O)c(OC3O[C@H](CO)[C@@H](O)[C@H](O)[C@H]3O)c(O)c12. The maximum Gasteiger partial charge on any atom is 0.229 e. The molecule has 0 spiro atoms. The van der Waals surface area contributed by atoms with E-state index in [1.165, 1.54) is 24.3 Å². The molecular formula is C26H28O16. The molecule has 0 radical (unpaired) electrons. The highest BCUT2D eigenvalue weighted by molar-refractivity contribution is 5.95. The molecule has 2 aliphatic heterocycles. The van der Waals surface area contributed by atoms with Crippen molar-refractivity contribution in [1.82, 2.24) is 0 Å². The smallest absolute Gasteiger partial charge is 0.229 e. The number of hydrogen-bond acceptors (Lipinski definition) is 16. The lowest BCUT2D eigenvalue weighted by Crippen LogP contribution is -2.60. The van der Waals surface area contributed by atoms with Crippen molar-refractivity contribution in [1.29, 1.82) is 0 Å². The fourth-order valence-electron chi connectivity index (χ4n) is 4.58. The van der Waals surface area contributed by atoms with Gasteiger partial charge in [-0.2, -0.15) is 0 Å². The molecule has 3 heterocycles. The lowest BCUT2D eigenvalue weighted by atomic mass is 9.99. The zero-order chi connectivity index (χ0) is 30.5. The predicted octanol–water partition coefficient (Wildman–Crippen LogP) is -2.43. The van der Waals surface area contributed by atoms with Gasteiger partial charge < -0.3 is 74.4 Å². The van der Waals surface area contributed by atoms with Crippen LogP contribution in [-0.4, -0.2) is 120 Å². The van der Waals surface area contributed by atoms with Crippen molar-refractivity contribution >= 4 is 11.0 Å². The molecule has 2 aromatic carbocycles. The first-order chi connectivity index (χ1) is 19.9. The molecule has 2 saturated heterocycles. The molecule has 9 atom stereocenters. The monoisotopic (exact) mass is 596 g/mol. The van der Waals surface area contributed by atoms with Crippen LogP contribution in [0.3, 0.4) is 0 Å². The van der Waals surface area contributed by atoms with E-state index in [-0.39, 0.29) is 17.1 Å². The Morgan fingerprint density at radius 3 is 2.10 bits per heavy atom. The summed E-state index contributed by atoms with van der Waals surface area (Å²) in [6.45, 7) is -1.32. The Morgan fingerprint density at radius 1 is 0.786 bits per heavy atom. The number of aliphatic hydroxyl groups excluding tert-OH is 7.